The Morgan fingerprint density at radius 3 is 2.72 bits per heavy atom. The highest BCUT2D eigenvalue weighted by atomic mass is 35.5. The molecule has 2 aromatic rings. The van der Waals surface area contributed by atoms with Gasteiger partial charge >= 0.3 is 0 Å². The van der Waals surface area contributed by atoms with Crippen LogP contribution in [0.25, 0.3) is 0 Å². The Morgan fingerprint density at radius 2 is 2.17 bits per heavy atom. The smallest absolute Gasteiger partial charge is 0.147 e. The predicted molar refractivity (Wildman–Crippen MR) is 74.4 cm³/mol. The molecule has 0 aromatic carbocycles. The van der Waals surface area contributed by atoms with E-state index in [9.17, 15) is 0 Å². The number of alkyl halides is 1. The molecule has 0 saturated heterocycles. The summed E-state index contributed by atoms with van der Waals surface area (Å²) >= 11 is 11.9. The van der Waals surface area contributed by atoms with Crippen LogP contribution in [0.2, 0.25) is 5.02 Å². The number of hydrogen-bond acceptors (Lipinski definition) is 3. The van der Waals surface area contributed by atoms with E-state index in [1.54, 1.807) is 6.20 Å². The second kappa shape index (κ2) is 5.63. The Bertz CT molecular complexity index is 540. The van der Waals surface area contributed by atoms with Crippen LogP contribution in [0, 0.1) is 6.92 Å². The number of furan rings is 1. The highest BCUT2D eigenvalue weighted by molar-refractivity contribution is 6.33. The van der Waals surface area contributed by atoms with Gasteiger partial charge in [-0.05, 0) is 30.7 Å². The fourth-order valence-corrected chi connectivity index (χ4v) is 2.18. The van der Waals surface area contributed by atoms with Crippen molar-refractivity contribution < 1.29 is 4.42 Å². The second-order valence-corrected chi connectivity index (χ2v) is 4.83. The molecule has 5 heteroatoms. The van der Waals surface area contributed by atoms with Gasteiger partial charge in [0, 0.05) is 19.1 Å². The molecule has 0 saturated carbocycles. The lowest BCUT2D eigenvalue weighted by atomic mass is 10.3. The zero-order chi connectivity index (χ0) is 13.1. The summed E-state index contributed by atoms with van der Waals surface area (Å²) in [5, 5.41) is 0.596. The fourth-order valence-electron chi connectivity index (χ4n) is 1.70. The van der Waals surface area contributed by atoms with Crippen molar-refractivity contribution in [1.82, 2.24) is 4.98 Å². The quantitative estimate of drug-likeness (QED) is 0.795. The number of aromatic nitrogens is 1. The van der Waals surface area contributed by atoms with Gasteiger partial charge in [-0.15, -0.1) is 11.6 Å². The molecule has 2 aromatic heterocycles. The maximum Gasteiger partial charge on any atom is 0.147 e. The van der Waals surface area contributed by atoms with Gasteiger partial charge in [-0.3, -0.25) is 0 Å². The van der Waals surface area contributed by atoms with Crippen molar-refractivity contribution in [3.8, 4) is 0 Å². The topological polar surface area (TPSA) is 29.3 Å². The van der Waals surface area contributed by atoms with Crippen LogP contribution in [0.1, 0.15) is 17.1 Å². The van der Waals surface area contributed by atoms with Gasteiger partial charge in [-0.1, -0.05) is 11.6 Å². The molecule has 0 N–H and O–H groups in total. The van der Waals surface area contributed by atoms with Gasteiger partial charge in [0.1, 0.15) is 17.3 Å². The third-order valence-electron chi connectivity index (χ3n) is 2.58. The molecule has 0 amide bonds. The highest BCUT2D eigenvalue weighted by Crippen LogP contribution is 2.25. The molecule has 96 valence electrons. The molecule has 0 fully saturated rings. The van der Waals surface area contributed by atoms with Crippen LogP contribution in [0.3, 0.4) is 0 Å². The van der Waals surface area contributed by atoms with Crippen molar-refractivity contribution in [1.29, 1.82) is 0 Å². The summed E-state index contributed by atoms with van der Waals surface area (Å²) in [6.07, 6.45) is 1.73. The first-order valence-corrected chi connectivity index (χ1v) is 6.48. The summed E-state index contributed by atoms with van der Waals surface area (Å²) in [6, 6.07) is 5.72. The van der Waals surface area contributed by atoms with E-state index in [2.05, 4.69) is 4.98 Å². The Labute approximate surface area is 116 Å². The molecule has 0 aliphatic carbocycles. The number of rotatable bonds is 4. The summed E-state index contributed by atoms with van der Waals surface area (Å²) in [5.41, 5.74) is 0.910. The second-order valence-electron chi connectivity index (χ2n) is 4.15. The summed E-state index contributed by atoms with van der Waals surface area (Å²) in [5.74, 6) is 2.91. The number of nitrogens with zero attached hydrogens (tertiary/aromatic N) is 2. The first-order chi connectivity index (χ1) is 8.60. The molecule has 0 radical (unpaired) electrons. The van der Waals surface area contributed by atoms with E-state index in [1.165, 1.54) is 0 Å². The number of pyridine rings is 1. The molecular formula is C13H14Cl2N2O. The Kier molecular flexibility index (Phi) is 4.15. The minimum atomic E-state index is 0.411. The summed E-state index contributed by atoms with van der Waals surface area (Å²) in [7, 11) is 1.92. The van der Waals surface area contributed by atoms with E-state index < -0.39 is 0 Å². The van der Waals surface area contributed by atoms with E-state index >= 15 is 0 Å². The molecule has 0 atom stereocenters. The molecular weight excluding hydrogens is 271 g/mol. The van der Waals surface area contributed by atoms with Gasteiger partial charge in [-0.2, -0.15) is 0 Å². The maximum absolute atomic E-state index is 6.18. The standard InChI is InChI=1S/C13H14Cl2N2O/c1-9-3-4-11(18-9)8-17(2)13-12(15)5-10(6-14)7-16-13/h3-5,7H,6,8H2,1-2H3. The van der Waals surface area contributed by atoms with Crippen LogP contribution in [0.5, 0.6) is 0 Å². The van der Waals surface area contributed by atoms with Crippen LogP contribution in [0.4, 0.5) is 5.82 Å². The summed E-state index contributed by atoms with van der Waals surface area (Å²) in [4.78, 5) is 6.26. The number of halogens is 2. The average molecular weight is 285 g/mol. The minimum absolute atomic E-state index is 0.411. The van der Waals surface area contributed by atoms with E-state index in [0.29, 0.717) is 17.4 Å². The monoisotopic (exact) mass is 284 g/mol. The molecule has 2 rings (SSSR count). The van der Waals surface area contributed by atoms with Crippen molar-refractivity contribution in [3.63, 3.8) is 0 Å². The van der Waals surface area contributed by atoms with Gasteiger partial charge in [0.2, 0.25) is 0 Å². The SMILES string of the molecule is Cc1ccc(CN(C)c2ncc(CCl)cc2Cl)o1. The summed E-state index contributed by atoms with van der Waals surface area (Å²) in [6.45, 7) is 2.55. The number of aryl methyl sites for hydroxylation is 1. The maximum atomic E-state index is 6.18. The van der Waals surface area contributed by atoms with E-state index in [4.69, 9.17) is 27.6 Å². The van der Waals surface area contributed by atoms with Crippen molar-refractivity contribution >= 4 is 29.0 Å². The highest BCUT2D eigenvalue weighted by Gasteiger charge is 2.10. The van der Waals surface area contributed by atoms with Gasteiger partial charge < -0.3 is 9.32 Å². The number of hydrogen-bond donors (Lipinski definition) is 0. The summed E-state index contributed by atoms with van der Waals surface area (Å²) < 4.78 is 5.53. The zero-order valence-corrected chi connectivity index (χ0v) is 11.8. The van der Waals surface area contributed by atoms with Crippen LogP contribution < -0.4 is 4.90 Å². The third kappa shape index (κ3) is 2.98. The first kappa shape index (κ1) is 13.2. The van der Waals surface area contributed by atoms with E-state index in [0.717, 1.165) is 22.9 Å². The predicted octanol–water partition coefficient (Wildman–Crippen LogP) is 4.01. The minimum Gasteiger partial charge on any atom is -0.464 e. The number of anilines is 1. The zero-order valence-electron chi connectivity index (χ0n) is 10.3. The van der Waals surface area contributed by atoms with Crippen molar-refractivity contribution in [2.24, 2.45) is 0 Å². The Morgan fingerprint density at radius 1 is 1.39 bits per heavy atom. The van der Waals surface area contributed by atoms with Gasteiger partial charge in [0.15, 0.2) is 0 Å². The Hall–Kier alpha value is -1.19. The molecule has 0 aliphatic heterocycles. The van der Waals surface area contributed by atoms with E-state index in [-0.39, 0.29) is 0 Å². The first-order valence-electron chi connectivity index (χ1n) is 5.57. The molecule has 0 aliphatic rings. The van der Waals surface area contributed by atoms with Crippen molar-refractivity contribution in [3.05, 3.63) is 46.5 Å². The normalized spacial score (nSPS) is 10.7. The van der Waals surface area contributed by atoms with Crippen LogP contribution >= 0.6 is 23.2 Å². The average Bonchev–Trinajstić information content (AvgIpc) is 2.74. The van der Waals surface area contributed by atoms with Crippen LogP contribution in [0.15, 0.2) is 28.8 Å². The van der Waals surface area contributed by atoms with Crippen molar-refractivity contribution in [2.45, 2.75) is 19.3 Å². The van der Waals surface area contributed by atoms with Gasteiger partial charge in [0.25, 0.3) is 0 Å². The molecule has 0 bridgehead atoms. The molecule has 2 heterocycles. The van der Waals surface area contributed by atoms with Gasteiger partial charge in [0.05, 0.1) is 11.6 Å². The largest absolute Gasteiger partial charge is 0.464 e. The van der Waals surface area contributed by atoms with E-state index in [1.807, 2.05) is 37.1 Å². The molecule has 0 spiro atoms. The lowest BCUT2D eigenvalue weighted by molar-refractivity contribution is 0.481. The van der Waals surface area contributed by atoms with Crippen molar-refractivity contribution in [2.75, 3.05) is 11.9 Å². The van der Waals surface area contributed by atoms with Gasteiger partial charge in [-0.25, -0.2) is 4.98 Å². The lowest BCUT2D eigenvalue weighted by Crippen LogP contribution is -2.17. The van der Waals surface area contributed by atoms with Crippen LogP contribution in [-0.2, 0) is 12.4 Å². The molecule has 3 nitrogen and oxygen atoms in total. The third-order valence-corrected chi connectivity index (χ3v) is 3.17. The Balaban J connectivity index is 2.15. The van der Waals surface area contributed by atoms with Crippen LogP contribution in [-0.4, -0.2) is 12.0 Å². The molecule has 18 heavy (non-hydrogen) atoms. The lowest BCUT2D eigenvalue weighted by Gasteiger charge is -2.18. The molecule has 0 unspecified atom stereocenters. The fraction of sp³-hybridized carbons (Fsp3) is 0.308.